The van der Waals surface area contributed by atoms with Gasteiger partial charge in [-0.25, -0.2) is 0 Å². The van der Waals surface area contributed by atoms with Crippen LogP contribution >= 0.6 is 11.6 Å². The molecule has 0 saturated heterocycles. The zero-order valence-corrected chi connectivity index (χ0v) is 14.2. The van der Waals surface area contributed by atoms with Gasteiger partial charge in [0.1, 0.15) is 0 Å². The standard InChI is InChI=1S/C19H21ClN2O/c1-22(2)12-11-17-15-5-3-4-6-16(15)18(21-19(17)23)13-7-9-14(20)10-8-13/h3-10,17-18H,11-12H2,1-2H3,(H,21,23). The molecule has 2 aromatic carbocycles. The summed E-state index contributed by atoms with van der Waals surface area (Å²) >= 11 is 5.98. The van der Waals surface area contributed by atoms with Crippen molar-refractivity contribution >= 4 is 17.5 Å². The molecule has 3 rings (SSSR count). The first-order chi connectivity index (χ1) is 11.1. The number of nitrogens with zero attached hydrogens (tertiary/aromatic N) is 1. The maximum Gasteiger partial charge on any atom is 0.228 e. The molecule has 2 atom stereocenters. The number of hydrogen-bond acceptors (Lipinski definition) is 2. The zero-order valence-electron chi connectivity index (χ0n) is 13.4. The van der Waals surface area contributed by atoms with Gasteiger partial charge in [-0.05, 0) is 55.9 Å². The van der Waals surface area contributed by atoms with Gasteiger partial charge in [-0.2, -0.15) is 0 Å². The van der Waals surface area contributed by atoms with Crippen molar-refractivity contribution in [3.63, 3.8) is 0 Å². The van der Waals surface area contributed by atoms with Crippen LogP contribution in [0.15, 0.2) is 48.5 Å². The van der Waals surface area contributed by atoms with Crippen LogP contribution in [0.25, 0.3) is 0 Å². The summed E-state index contributed by atoms with van der Waals surface area (Å²) in [6, 6.07) is 15.8. The van der Waals surface area contributed by atoms with E-state index in [9.17, 15) is 4.79 Å². The van der Waals surface area contributed by atoms with Crippen LogP contribution in [0.5, 0.6) is 0 Å². The van der Waals surface area contributed by atoms with E-state index in [0.717, 1.165) is 24.1 Å². The van der Waals surface area contributed by atoms with Gasteiger partial charge in [0.25, 0.3) is 0 Å². The lowest BCUT2D eigenvalue weighted by atomic mass is 9.82. The Kier molecular flexibility index (Phi) is 4.69. The molecule has 23 heavy (non-hydrogen) atoms. The Balaban J connectivity index is 1.96. The fourth-order valence-corrected chi connectivity index (χ4v) is 3.27. The van der Waals surface area contributed by atoms with Crippen molar-refractivity contribution in [2.24, 2.45) is 0 Å². The van der Waals surface area contributed by atoms with Crippen LogP contribution in [-0.4, -0.2) is 31.4 Å². The van der Waals surface area contributed by atoms with Crippen molar-refractivity contribution in [2.45, 2.75) is 18.4 Å². The molecular formula is C19H21ClN2O. The third-order valence-corrected chi connectivity index (χ3v) is 4.61. The van der Waals surface area contributed by atoms with Gasteiger partial charge in [-0.1, -0.05) is 48.0 Å². The van der Waals surface area contributed by atoms with Crippen LogP contribution in [0.2, 0.25) is 5.02 Å². The second kappa shape index (κ2) is 6.73. The minimum Gasteiger partial charge on any atom is -0.345 e. The van der Waals surface area contributed by atoms with Gasteiger partial charge in [0.15, 0.2) is 0 Å². The zero-order chi connectivity index (χ0) is 16.4. The average Bonchev–Trinajstić information content (AvgIpc) is 2.54. The summed E-state index contributed by atoms with van der Waals surface area (Å²) in [5.74, 6) is 0.0163. The van der Waals surface area contributed by atoms with Gasteiger partial charge in [-0.15, -0.1) is 0 Å². The number of benzene rings is 2. The monoisotopic (exact) mass is 328 g/mol. The average molecular weight is 329 g/mol. The molecular weight excluding hydrogens is 308 g/mol. The molecule has 0 aromatic heterocycles. The molecule has 4 heteroatoms. The molecule has 2 unspecified atom stereocenters. The number of carbonyl (C=O) groups excluding carboxylic acids is 1. The Bertz CT molecular complexity index is 697. The van der Waals surface area contributed by atoms with E-state index in [0.29, 0.717) is 5.02 Å². The van der Waals surface area contributed by atoms with Gasteiger partial charge in [-0.3, -0.25) is 4.79 Å². The molecule has 120 valence electrons. The molecule has 0 radical (unpaired) electrons. The molecule has 0 fully saturated rings. The molecule has 1 N–H and O–H groups in total. The predicted molar refractivity (Wildman–Crippen MR) is 93.8 cm³/mol. The van der Waals surface area contributed by atoms with Crippen molar-refractivity contribution in [3.8, 4) is 0 Å². The summed E-state index contributed by atoms with van der Waals surface area (Å²) in [6.45, 7) is 0.887. The predicted octanol–water partition coefficient (Wildman–Crippen LogP) is 3.59. The van der Waals surface area contributed by atoms with Crippen LogP contribution < -0.4 is 5.32 Å². The SMILES string of the molecule is CN(C)CCC1C(=O)NC(c2ccc(Cl)cc2)c2ccccc21. The van der Waals surface area contributed by atoms with Gasteiger partial charge < -0.3 is 10.2 Å². The van der Waals surface area contributed by atoms with E-state index >= 15 is 0 Å². The number of rotatable bonds is 4. The van der Waals surface area contributed by atoms with E-state index < -0.39 is 0 Å². The smallest absolute Gasteiger partial charge is 0.228 e. The topological polar surface area (TPSA) is 32.3 Å². The third kappa shape index (κ3) is 3.41. The van der Waals surface area contributed by atoms with Crippen LogP contribution in [0.3, 0.4) is 0 Å². The molecule has 1 amide bonds. The fourth-order valence-electron chi connectivity index (χ4n) is 3.14. The molecule has 1 aliphatic rings. The number of fused-ring (bicyclic) bond motifs is 1. The van der Waals surface area contributed by atoms with E-state index in [-0.39, 0.29) is 17.9 Å². The van der Waals surface area contributed by atoms with Crippen molar-refractivity contribution in [2.75, 3.05) is 20.6 Å². The Morgan fingerprint density at radius 2 is 1.70 bits per heavy atom. The minimum atomic E-state index is -0.105. The summed E-state index contributed by atoms with van der Waals surface area (Å²) in [6.07, 6.45) is 0.823. The number of carbonyl (C=O) groups is 1. The summed E-state index contributed by atoms with van der Waals surface area (Å²) in [7, 11) is 4.06. The highest BCUT2D eigenvalue weighted by Crippen LogP contribution is 2.36. The van der Waals surface area contributed by atoms with Gasteiger partial charge >= 0.3 is 0 Å². The summed E-state index contributed by atoms with van der Waals surface area (Å²) in [5, 5.41) is 3.88. The number of hydrogen-bond donors (Lipinski definition) is 1. The summed E-state index contributed by atoms with van der Waals surface area (Å²) < 4.78 is 0. The second-order valence-corrected chi connectivity index (χ2v) is 6.70. The number of amides is 1. The first kappa shape index (κ1) is 16.0. The first-order valence-electron chi connectivity index (χ1n) is 7.85. The van der Waals surface area contributed by atoms with Crippen molar-refractivity contribution in [1.29, 1.82) is 0 Å². The number of halogens is 1. The molecule has 0 bridgehead atoms. The largest absolute Gasteiger partial charge is 0.345 e. The van der Waals surface area contributed by atoms with E-state index in [4.69, 9.17) is 11.6 Å². The third-order valence-electron chi connectivity index (χ3n) is 4.35. The van der Waals surface area contributed by atoms with Gasteiger partial charge in [0.05, 0.1) is 12.0 Å². The quantitative estimate of drug-likeness (QED) is 0.930. The first-order valence-corrected chi connectivity index (χ1v) is 8.23. The van der Waals surface area contributed by atoms with Crippen LogP contribution in [0.1, 0.15) is 35.1 Å². The highest BCUT2D eigenvalue weighted by atomic mass is 35.5. The Morgan fingerprint density at radius 1 is 1.04 bits per heavy atom. The van der Waals surface area contributed by atoms with Crippen molar-refractivity contribution in [3.05, 3.63) is 70.2 Å². The lowest BCUT2D eigenvalue weighted by Gasteiger charge is -2.33. The van der Waals surface area contributed by atoms with Crippen molar-refractivity contribution < 1.29 is 4.79 Å². The highest BCUT2D eigenvalue weighted by Gasteiger charge is 2.33. The lowest BCUT2D eigenvalue weighted by Crippen LogP contribution is -2.40. The highest BCUT2D eigenvalue weighted by molar-refractivity contribution is 6.30. The Labute approximate surface area is 142 Å². The normalized spacial score (nSPS) is 20.3. The Hall–Kier alpha value is -1.84. The second-order valence-electron chi connectivity index (χ2n) is 6.27. The molecule has 0 aliphatic carbocycles. The maximum absolute atomic E-state index is 12.7. The molecule has 1 aliphatic heterocycles. The Morgan fingerprint density at radius 3 is 2.35 bits per heavy atom. The van der Waals surface area contributed by atoms with Crippen LogP contribution in [0, 0.1) is 0 Å². The van der Waals surface area contributed by atoms with Gasteiger partial charge in [0, 0.05) is 5.02 Å². The van der Waals surface area contributed by atoms with Crippen LogP contribution in [0.4, 0.5) is 0 Å². The molecule has 0 spiro atoms. The summed E-state index contributed by atoms with van der Waals surface area (Å²) in [5.41, 5.74) is 3.37. The summed E-state index contributed by atoms with van der Waals surface area (Å²) in [4.78, 5) is 14.8. The molecule has 2 aromatic rings. The van der Waals surface area contributed by atoms with Crippen molar-refractivity contribution in [1.82, 2.24) is 10.2 Å². The van der Waals surface area contributed by atoms with E-state index in [1.165, 1.54) is 5.56 Å². The fraction of sp³-hybridized carbons (Fsp3) is 0.316. The van der Waals surface area contributed by atoms with Crippen LogP contribution in [-0.2, 0) is 4.79 Å². The minimum absolute atomic E-state index is 0.0860. The number of nitrogens with one attached hydrogen (secondary N) is 1. The molecule has 0 saturated carbocycles. The van der Waals surface area contributed by atoms with E-state index in [1.54, 1.807) is 0 Å². The van der Waals surface area contributed by atoms with E-state index in [1.807, 2.05) is 50.5 Å². The lowest BCUT2D eigenvalue weighted by molar-refractivity contribution is -0.123. The molecule has 1 heterocycles. The van der Waals surface area contributed by atoms with E-state index in [2.05, 4.69) is 22.3 Å². The maximum atomic E-state index is 12.7. The van der Waals surface area contributed by atoms with Gasteiger partial charge in [0.2, 0.25) is 5.91 Å². The molecule has 3 nitrogen and oxygen atoms in total.